The number of aromatic amines is 1. The Kier molecular flexibility index (Phi) is 9.76. The number of H-pyrrole nitrogens is 1. The number of imidazole rings is 1. The van der Waals surface area contributed by atoms with E-state index in [4.69, 9.17) is 0 Å². The monoisotopic (exact) mass is 506 g/mol. The third kappa shape index (κ3) is 6.92. The van der Waals surface area contributed by atoms with Crippen LogP contribution >= 0.6 is 24.0 Å². The van der Waals surface area contributed by atoms with Gasteiger partial charge in [-0.3, -0.25) is 4.99 Å². The van der Waals surface area contributed by atoms with E-state index in [2.05, 4.69) is 73.8 Å². The van der Waals surface area contributed by atoms with E-state index in [0.717, 1.165) is 61.8 Å². The zero-order valence-electron chi connectivity index (χ0n) is 17.2. The lowest BCUT2D eigenvalue weighted by Crippen LogP contribution is -2.39. The number of fused-ring (bicyclic) bond motifs is 1. The van der Waals surface area contributed by atoms with Gasteiger partial charge in [-0.05, 0) is 37.6 Å². The van der Waals surface area contributed by atoms with Crippen molar-refractivity contribution in [2.75, 3.05) is 38.1 Å². The van der Waals surface area contributed by atoms with Crippen molar-refractivity contribution in [3.63, 3.8) is 0 Å². The van der Waals surface area contributed by atoms with Crippen LogP contribution in [0.15, 0.2) is 59.6 Å². The summed E-state index contributed by atoms with van der Waals surface area (Å²) in [5.74, 6) is 1.82. The molecular weight excluding hydrogens is 475 g/mol. The van der Waals surface area contributed by atoms with E-state index in [9.17, 15) is 0 Å². The second kappa shape index (κ2) is 12.3. The molecule has 7 heteroatoms. The highest BCUT2D eigenvalue weighted by Crippen LogP contribution is 2.12. The number of aromatic nitrogens is 2. The molecule has 0 amide bonds. The van der Waals surface area contributed by atoms with E-state index < -0.39 is 0 Å². The molecule has 0 atom stereocenters. The van der Waals surface area contributed by atoms with Crippen LogP contribution in [0.5, 0.6) is 0 Å². The van der Waals surface area contributed by atoms with Crippen molar-refractivity contribution in [1.82, 2.24) is 20.6 Å². The van der Waals surface area contributed by atoms with Gasteiger partial charge in [0.15, 0.2) is 5.96 Å². The smallest absolute Gasteiger partial charge is 0.190 e. The minimum atomic E-state index is 0. The highest BCUT2D eigenvalue weighted by atomic mass is 127. The van der Waals surface area contributed by atoms with Crippen LogP contribution in [0.25, 0.3) is 11.0 Å². The topological polar surface area (TPSA) is 68.3 Å². The molecule has 0 radical (unpaired) electrons. The van der Waals surface area contributed by atoms with Gasteiger partial charge in [0, 0.05) is 45.3 Å². The lowest BCUT2D eigenvalue weighted by atomic mass is 10.2. The summed E-state index contributed by atoms with van der Waals surface area (Å²) in [7, 11) is 1.80. The lowest BCUT2D eigenvalue weighted by molar-refractivity contribution is 0.705. The van der Waals surface area contributed by atoms with E-state index in [1.165, 1.54) is 5.69 Å². The number of guanidine groups is 1. The van der Waals surface area contributed by atoms with Gasteiger partial charge in [-0.2, -0.15) is 0 Å². The molecule has 0 saturated carbocycles. The maximum atomic E-state index is 4.61. The van der Waals surface area contributed by atoms with Crippen molar-refractivity contribution in [3.8, 4) is 0 Å². The molecule has 3 aromatic rings. The number of hydrogen-bond acceptors (Lipinski definition) is 3. The molecule has 0 aliphatic heterocycles. The van der Waals surface area contributed by atoms with Crippen LogP contribution in [0.3, 0.4) is 0 Å². The summed E-state index contributed by atoms with van der Waals surface area (Å²) in [6.45, 7) is 5.88. The van der Waals surface area contributed by atoms with Gasteiger partial charge in [0.05, 0.1) is 11.0 Å². The normalized spacial score (nSPS) is 11.2. The molecule has 156 valence electrons. The molecule has 0 saturated heterocycles. The van der Waals surface area contributed by atoms with Gasteiger partial charge in [-0.15, -0.1) is 24.0 Å². The number of nitrogens with zero attached hydrogens (tertiary/aromatic N) is 3. The van der Waals surface area contributed by atoms with Gasteiger partial charge in [0.25, 0.3) is 0 Å². The lowest BCUT2D eigenvalue weighted by Gasteiger charge is -2.23. The van der Waals surface area contributed by atoms with Crippen molar-refractivity contribution in [1.29, 1.82) is 0 Å². The van der Waals surface area contributed by atoms with Crippen LogP contribution in [0.4, 0.5) is 5.69 Å². The summed E-state index contributed by atoms with van der Waals surface area (Å²) in [5.41, 5.74) is 3.37. The second-order valence-corrected chi connectivity index (χ2v) is 6.65. The molecule has 6 nitrogen and oxygen atoms in total. The molecule has 3 rings (SSSR count). The molecule has 1 aromatic heterocycles. The minimum Gasteiger partial charge on any atom is -0.372 e. The van der Waals surface area contributed by atoms with E-state index in [0.29, 0.717) is 0 Å². The number of halogens is 1. The molecule has 0 spiro atoms. The molecular formula is C22H31IN6. The number of benzene rings is 2. The molecule has 0 aliphatic rings. The predicted octanol–water partition coefficient (Wildman–Crippen LogP) is 3.81. The molecule has 0 fully saturated rings. The van der Waals surface area contributed by atoms with Crippen molar-refractivity contribution < 1.29 is 0 Å². The zero-order chi connectivity index (χ0) is 19.6. The van der Waals surface area contributed by atoms with E-state index in [-0.39, 0.29) is 24.0 Å². The number of rotatable bonds is 9. The zero-order valence-corrected chi connectivity index (χ0v) is 19.5. The van der Waals surface area contributed by atoms with Crippen LogP contribution in [0.2, 0.25) is 0 Å². The highest BCUT2D eigenvalue weighted by Gasteiger charge is 2.05. The van der Waals surface area contributed by atoms with Gasteiger partial charge in [0.2, 0.25) is 0 Å². The van der Waals surface area contributed by atoms with Crippen LogP contribution in [-0.2, 0) is 6.42 Å². The fraction of sp³-hybridized carbons (Fsp3) is 0.364. The molecule has 2 aromatic carbocycles. The van der Waals surface area contributed by atoms with Gasteiger partial charge in [0.1, 0.15) is 5.82 Å². The summed E-state index contributed by atoms with van der Waals surface area (Å²) in [6, 6.07) is 18.7. The molecule has 0 unspecified atom stereocenters. The Morgan fingerprint density at radius 1 is 1.03 bits per heavy atom. The summed E-state index contributed by atoms with van der Waals surface area (Å²) >= 11 is 0. The number of para-hydroxylation sites is 3. The van der Waals surface area contributed by atoms with Crippen molar-refractivity contribution >= 4 is 46.7 Å². The first-order valence-corrected chi connectivity index (χ1v) is 9.98. The van der Waals surface area contributed by atoms with Crippen LogP contribution in [0.1, 0.15) is 19.2 Å². The fourth-order valence-electron chi connectivity index (χ4n) is 3.23. The Bertz CT molecular complexity index is 844. The number of aliphatic imine (C=N–C) groups is 1. The molecule has 29 heavy (non-hydrogen) atoms. The Hall–Kier alpha value is -2.29. The van der Waals surface area contributed by atoms with E-state index in [1.54, 1.807) is 7.05 Å². The summed E-state index contributed by atoms with van der Waals surface area (Å²) in [6.07, 6.45) is 1.88. The quantitative estimate of drug-likeness (QED) is 0.179. The number of anilines is 1. The first-order valence-electron chi connectivity index (χ1n) is 9.98. The average molecular weight is 506 g/mol. The van der Waals surface area contributed by atoms with Crippen molar-refractivity contribution in [3.05, 3.63) is 60.4 Å². The number of nitrogens with one attached hydrogen (secondary N) is 3. The van der Waals surface area contributed by atoms with Crippen LogP contribution < -0.4 is 15.5 Å². The predicted molar refractivity (Wildman–Crippen MR) is 134 cm³/mol. The summed E-state index contributed by atoms with van der Waals surface area (Å²) in [5, 5.41) is 6.76. The Balaban J connectivity index is 0.00000300. The van der Waals surface area contributed by atoms with E-state index in [1.807, 2.05) is 18.2 Å². The molecule has 3 N–H and O–H groups in total. The standard InChI is InChI=1S/C22H30N6.HI/c1-3-28(18-10-5-4-6-11-18)17-9-15-24-22(23-2)25-16-14-21-26-19-12-7-8-13-20(19)27-21;/h4-8,10-13H,3,9,14-17H2,1-2H3,(H,26,27)(H2,23,24,25);1H. The van der Waals surface area contributed by atoms with Crippen molar-refractivity contribution in [2.45, 2.75) is 19.8 Å². The van der Waals surface area contributed by atoms with Gasteiger partial charge < -0.3 is 20.5 Å². The Morgan fingerprint density at radius 3 is 2.48 bits per heavy atom. The molecule has 0 bridgehead atoms. The number of hydrogen-bond donors (Lipinski definition) is 3. The van der Waals surface area contributed by atoms with Gasteiger partial charge in [-0.1, -0.05) is 30.3 Å². The minimum absolute atomic E-state index is 0. The third-order valence-corrected chi connectivity index (χ3v) is 4.72. The van der Waals surface area contributed by atoms with Gasteiger partial charge in [-0.25, -0.2) is 4.98 Å². The first kappa shape index (κ1) is 23.0. The second-order valence-electron chi connectivity index (χ2n) is 6.65. The third-order valence-electron chi connectivity index (χ3n) is 4.72. The average Bonchev–Trinajstić information content (AvgIpc) is 3.16. The molecule has 1 heterocycles. The highest BCUT2D eigenvalue weighted by molar-refractivity contribution is 14.0. The van der Waals surface area contributed by atoms with Gasteiger partial charge >= 0.3 is 0 Å². The maximum absolute atomic E-state index is 4.61. The Labute approximate surface area is 190 Å². The molecule has 0 aliphatic carbocycles. The fourth-order valence-corrected chi connectivity index (χ4v) is 3.23. The van der Waals surface area contributed by atoms with Crippen LogP contribution in [-0.4, -0.2) is 49.2 Å². The maximum Gasteiger partial charge on any atom is 0.190 e. The van der Waals surface area contributed by atoms with Crippen LogP contribution in [0, 0.1) is 0 Å². The Morgan fingerprint density at radius 2 is 1.76 bits per heavy atom. The largest absolute Gasteiger partial charge is 0.372 e. The summed E-state index contributed by atoms with van der Waals surface area (Å²) in [4.78, 5) is 14.7. The summed E-state index contributed by atoms with van der Waals surface area (Å²) < 4.78 is 0. The SMILES string of the molecule is CCN(CCCNC(=NC)NCCc1nc2ccccc2[nH]1)c1ccccc1.I. The first-order chi connectivity index (χ1) is 13.8. The van der Waals surface area contributed by atoms with Crippen molar-refractivity contribution in [2.24, 2.45) is 4.99 Å². The van der Waals surface area contributed by atoms with E-state index >= 15 is 0 Å².